The van der Waals surface area contributed by atoms with Crippen molar-refractivity contribution in [2.75, 3.05) is 5.32 Å². The molecule has 1 heterocycles. The third-order valence-corrected chi connectivity index (χ3v) is 3.36. The molecule has 0 radical (unpaired) electrons. The van der Waals surface area contributed by atoms with Crippen LogP contribution in [0.15, 0.2) is 30.3 Å². The summed E-state index contributed by atoms with van der Waals surface area (Å²) < 4.78 is 0. The lowest BCUT2D eigenvalue weighted by Gasteiger charge is -2.14. The lowest BCUT2D eigenvalue weighted by molar-refractivity contribution is -0.117. The highest BCUT2D eigenvalue weighted by molar-refractivity contribution is 5.94. The van der Waals surface area contributed by atoms with Crippen LogP contribution < -0.4 is 11.1 Å². The van der Waals surface area contributed by atoms with Gasteiger partial charge in [-0.3, -0.25) is 9.89 Å². The molecule has 0 saturated carbocycles. The van der Waals surface area contributed by atoms with E-state index in [2.05, 4.69) is 36.3 Å². The molecule has 1 unspecified atom stereocenters. The first-order valence-electron chi connectivity index (χ1n) is 6.96. The summed E-state index contributed by atoms with van der Waals surface area (Å²) in [5, 5.41) is 9.77. The molecule has 0 aliphatic rings. The minimum Gasteiger partial charge on any atom is -0.316 e. The number of anilines is 1. The fraction of sp³-hybridized carbons (Fsp3) is 0.375. The quantitative estimate of drug-likeness (QED) is 0.811. The molecule has 1 aromatic carbocycles. The smallest absolute Gasteiger partial charge is 0.247 e. The number of aromatic amines is 1. The SMILES string of the molecule is Cc1ccc(C(N)C(=O)Nc2cc(C(C)(C)C)[nH]n2)cc1. The Morgan fingerprint density at radius 2 is 1.90 bits per heavy atom. The van der Waals surface area contributed by atoms with Gasteiger partial charge in [0.1, 0.15) is 6.04 Å². The first-order chi connectivity index (χ1) is 9.77. The van der Waals surface area contributed by atoms with Crippen LogP contribution in [-0.4, -0.2) is 16.1 Å². The van der Waals surface area contributed by atoms with E-state index in [1.807, 2.05) is 37.3 Å². The number of nitrogens with two attached hydrogens (primary N) is 1. The van der Waals surface area contributed by atoms with Crippen LogP contribution in [0.25, 0.3) is 0 Å². The highest BCUT2D eigenvalue weighted by Crippen LogP contribution is 2.22. The van der Waals surface area contributed by atoms with Crippen molar-refractivity contribution in [3.05, 3.63) is 47.2 Å². The lowest BCUT2D eigenvalue weighted by atomic mass is 9.92. The summed E-state index contributed by atoms with van der Waals surface area (Å²) in [6.07, 6.45) is 0. The number of nitrogens with one attached hydrogen (secondary N) is 2. The van der Waals surface area contributed by atoms with Gasteiger partial charge in [-0.1, -0.05) is 50.6 Å². The molecule has 2 aromatic rings. The van der Waals surface area contributed by atoms with Crippen molar-refractivity contribution in [3.8, 4) is 0 Å². The molecule has 2 rings (SSSR count). The molecule has 0 saturated heterocycles. The number of carbonyl (C=O) groups excluding carboxylic acids is 1. The number of aryl methyl sites for hydroxylation is 1. The fourth-order valence-corrected chi connectivity index (χ4v) is 1.90. The average Bonchev–Trinajstić information content (AvgIpc) is 2.87. The number of nitrogens with zero attached hydrogens (tertiary/aromatic N) is 1. The zero-order valence-electron chi connectivity index (χ0n) is 12.9. The van der Waals surface area contributed by atoms with E-state index in [9.17, 15) is 4.79 Å². The van der Waals surface area contributed by atoms with E-state index in [-0.39, 0.29) is 11.3 Å². The van der Waals surface area contributed by atoms with Crippen LogP contribution >= 0.6 is 0 Å². The Labute approximate surface area is 124 Å². The molecule has 0 bridgehead atoms. The lowest BCUT2D eigenvalue weighted by Crippen LogP contribution is -2.27. The number of hydrogen-bond donors (Lipinski definition) is 3. The van der Waals surface area contributed by atoms with E-state index in [1.165, 1.54) is 0 Å². The third-order valence-electron chi connectivity index (χ3n) is 3.36. The Bertz CT molecular complexity index is 622. The normalized spacial score (nSPS) is 13.0. The van der Waals surface area contributed by atoms with Gasteiger partial charge in [0.05, 0.1) is 0 Å². The predicted octanol–water partition coefficient (Wildman–Crippen LogP) is 2.65. The monoisotopic (exact) mass is 286 g/mol. The maximum absolute atomic E-state index is 12.2. The Hall–Kier alpha value is -2.14. The van der Waals surface area contributed by atoms with Gasteiger partial charge in [0.15, 0.2) is 5.82 Å². The molecule has 0 aliphatic carbocycles. The standard InChI is InChI=1S/C16H22N4O/c1-10-5-7-11(8-6-10)14(17)15(21)18-13-9-12(19-20-13)16(2,3)4/h5-9,14H,17H2,1-4H3,(H2,18,19,20,21). The topological polar surface area (TPSA) is 83.8 Å². The van der Waals surface area contributed by atoms with Crippen molar-refractivity contribution in [3.63, 3.8) is 0 Å². The molecule has 112 valence electrons. The predicted molar refractivity (Wildman–Crippen MR) is 84.0 cm³/mol. The van der Waals surface area contributed by atoms with E-state index in [4.69, 9.17) is 5.73 Å². The van der Waals surface area contributed by atoms with Gasteiger partial charge in [-0.05, 0) is 12.5 Å². The van der Waals surface area contributed by atoms with E-state index < -0.39 is 6.04 Å². The molecule has 0 aliphatic heterocycles. The van der Waals surface area contributed by atoms with Gasteiger partial charge >= 0.3 is 0 Å². The van der Waals surface area contributed by atoms with Crippen molar-refractivity contribution >= 4 is 11.7 Å². The van der Waals surface area contributed by atoms with Crippen LogP contribution in [0.5, 0.6) is 0 Å². The molecule has 1 amide bonds. The molecular formula is C16H22N4O. The Morgan fingerprint density at radius 3 is 2.43 bits per heavy atom. The summed E-state index contributed by atoms with van der Waals surface area (Å²) in [6.45, 7) is 8.21. The first kappa shape index (κ1) is 15.3. The first-order valence-corrected chi connectivity index (χ1v) is 6.96. The highest BCUT2D eigenvalue weighted by atomic mass is 16.2. The van der Waals surface area contributed by atoms with Crippen LogP contribution in [0.3, 0.4) is 0 Å². The Balaban J connectivity index is 2.07. The molecule has 5 nitrogen and oxygen atoms in total. The largest absolute Gasteiger partial charge is 0.316 e. The number of rotatable bonds is 3. The number of carbonyl (C=O) groups is 1. The molecule has 1 atom stereocenters. The van der Waals surface area contributed by atoms with Gasteiger partial charge in [-0.2, -0.15) is 5.10 Å². The molecule has 5 heteroatoms. The Kier molecular flexibility index (Phi) is 4.14. The fourth-order valence-electron chi connectivity index (χ4n) is 1.90. The molecule has 21 heavy (non-hydrogen) atoms. The van der Waals surface area contributed by atoms with E-state index in [0.717, 1.165) is 16.8 Å². The summed E-state index contributed by atoms with van der Waals surface area (Å²) in [6, 6.07) is 8.74. The zero-order chi connectivity index (χ0) is 15.6. The van der Waals surface area contributed by atoms with Crippen molar-refractivity contribution in [1.29, 1.82) is 0 Å². The van der Waals surface area contributed by atoms with Gasteiger partial charge in [-0.25, -0.2) is 0 Å². The second-order valence-corrected chi connectivity index (χ2v) is 6.29. The summed E-state index contributed by atoms with van der Waals surface area (Å²) >= 11 is 0. The third kappa shape index (κ3) is 3.70. The van der Waals surface area contributed by atoms with Gasteiger partial charge in [0.25, 0.3) is 0 Å². The number of hydrogen-bond acceptors (Lipinski definition) is 3. The van der Waals surface area contributed by atoms with Crippen LogP contribution in [0.1, 0.15) is 43.6 Å². The zero-order valence-corrected chi connectivity index (χ0v) is 12.9. The summed E-state index contributed by atoms with van der Waals surface area (Å²) in [5.41, 5.74) is 8.81. The van der Waals surface area contributed by atoms with Crippen LogP contribution in [0.4, 0.5) is 5.82 Å². The van der Waals surface area contributed by atoms with Gasteiger partial charge in [0, 0.05) is 17.2 Å². The van der Waals surface area contributed by atoms with Crippen molar-refractivity contribution < 1.29 is 4.79 Å². The van der Waals surface area contributed by atoms with E-state index in [1.54, 1.807) is 0 Å². The van der Waals surface area contributed by atoms with E-state index in [0.29, 0.717) is 5.82 Å². The maximum Gasteiger partial charge on any atom is 0.247 e. The molecule has 4 N–H and O–H groups in total. The van der Waals surface area contributed by atoms with Gasteiger partial charge in [-0.15, -0.1) is 0 Å². The minimum atomic E-state index is -0.708. The molecule has 0 spiro atoms. The minimum absolute atomic E-state index is 0.0466. The van der Waals surface area contributed by atoms with Crippen molar-refractivity contribution in [1.82, 2.24) is 10.2 Å². The average molecular weight is 286 g/mol. The van der Waals surface area contributed by atoms with Crippen LogP contribution in [0.2, 0.25) is 0 Å². The van der Waals surface area contributed by atoms with Gasteiger partial charge < -0.3 is 11.1 Å². The highest BCUT2D eigenvalue weighted by Gasteiger charge is 2.20. The van der Waals surface area contributed by atoms with E-state index >= 15 is 0 Å². The number of H-pyrrole nitrogens is 1. The number of amides is 1. The van der Waals surface area contributed by atoms with Gasteiger partial charge in [0.2, 0.25) is 5.91 Å². The van der Waals surface area contributed by atoms with Crippen LogP contribution in [-0.2, 0) is 10.2 Å². The summed E-state index contributed by atoms with van der Waals surface area (Å²) in [7, 11) is 0. The number of benzene rings is 1. The molecule has 1 aromatic heterocycles. The Morgan fingerprint density at radius 1 is 1.29 bits per heavy atom. The molecule has 0 fully saturated rings. The molecular weight excluding hydrogens is 264 g/mol. The summed E-state index contributed by atoms with van der Waals surface area (Å²) in [5.74, 6) is 0.221. The number of aromatic nitrogens is 2. The summed E-state index contributed by atoms with van der Waals surface area (Å²) in [4.78, 5) is 12.2. The maximum atomic E-state index is 12.2. The van der Waals surface area contributed by atoms with Crippen LogP contribution in [0, 0.1) is 6.92 Å². The second kappa shape index (κ2) is 5.69. The van der Waals surface area contributed by atoms with Crippen molar-refractivity contribution in [2.45, 2.75) is 39.2 Å². The second-order valence-electron chi connectivity index (χ2n) is 6.29. The van der Waals surface area contributed by atoms with Crippen molar-refractivity contribution in [2.24, 2.45) is 5.73 Å².